The molecule has 1 amide bonds. The molecule has 0 bridgehead atoms. The molecule has 1 aromatic heterocycles. The highest BCUT2D eigenvalue weighted by Gasteiger charge is 2.28. The molecule has 6 heteroatoms. The van der Waals surface area contributed by atoms with E-state index in [-0.39, 0.29) is 17.8 Å². The average Bonchev–Trinajstić information content (AvgIpc) is 2.94. The van der Waals surface area contributed by atoms with Crippen LogP contribution in [0.25, 0.3) is 0 Å². The van der Waals surface area contributed by atoms with Crippen molar-refractivity contribution in [1.82, 2.24) is 10.1 Å². The lowest BCUT2D eigenvalue weighted by molar-refractivity contribution is -0.0240. The van der Waals surface area contributed by atoms with E-state index in [2.05, 4.69) is 21.1 Å². The zero-order valence-electron chi connectivity index (χ0n) is 11.6. The van der Waals surface area contributed by atoms with E-state index in [1.54, 1.807) is 17.9 Å². The van der Waals surface area contributed by atoms with Crippen molar-refractivity contribution in [2.75, 3.05) is 19.7 Å². The number of carbonyl (C=O) groups is 1. The van der Waals surface area contributed by atoms with Gasteiger partial charge in [0, 0.05) is 17.1 Å². The molecule has 5 nitrogen and oxygen atoms in total. The Morgan fingerprint density at radius 3 is 2.81 bits per heavy atom. The molecule has 0 aliphatic carbocycles. The van der Waals surface area contributed by atoms with Gasteiger partial charge in [-0.2, -0.15) is 0 Å². The molecule has 2 aromatic rings. The van der Waals surface area contributed by atoms with Crippen LogP contribution in [0.4, 0.5) is 0 Å². The first-order valence-corrected chi connectivity index (χ1v) is 7.52. The predicted molar refractivity (Wildman–Crippen MR) is 80.0 cm³/mol. The number of aryl methyl sites for hydroxylation is 1. The zero-order chi connectivity index (χ0) is 14.8. The van der Waals surface area contributed by atoms with Gasteiger partial charge in [-0.05, 0) is 24.6 Å². The molecule has 21 heavy (non-hydrogen) atoms. The SMILES string of the molecule is Cc1cc(C(=O)N2CCOC(c3ccc(Br)cc3)C2)on1. The molecule has 0 N–H and O–H groups in total. The van der Waals surface area contributed by atoms with Crippen molar-refractivity contribution < 1.29 is 14.1 Å². The number of carbonyl (C=O) groups excluding carboxylic acids is 1. The maximum absolute atomic E-state index is 12.4. The number of amides is 1. The summed E-state index contributed by atoms with van der Waals surface area (Å²) in [5, 5.41) is 3.76. The van der Waals surface area contributed by atoms with Crippen molar-refractivity contribution >= 4 is 21.8 Å². The van der Waals surface area contributed by atoms with Crippen molar-refractivity contribution in [3.05, 3.63) is 51.8 Å². The van der Waals surface area contributed by atoms with Gasteiger partial charge in [0.05, 0.1) is 18.8 Å². The van der Waals surface area contributed by atoms with Crippen LogP contribution in [0, 0.1) is 6.92 Å². The van der Waals surface area contributed by atoms with Gasteiger partial charge in [0.2, 0.25) is 5.76 Å². The Balaban J connectivity index is 1.73. The van der Waals surface area contributed by atoms with Gasteiger partial charge in [-0.1, -0.05) is 33.2 Å². The van der Waals surface area contributed by atoms with Crippen molar-refractivity contribution in [3.63, 3.8) is 0 Å². The summed E-state index contributed by atoms with van der Waals surface area (Å²) >= 11 is 3.41. The highest BCUT2D eigenvalue weighted by Crippen LogP contribution is 2.24. The largest absolute Gasteiger partial charge is 0.370 e. The lowest BCUT2D eigenvalue weighted by Gasteiger charge is -2.32. The Bertz CT molecular complexity index is 639. The topological polar surface area (TPSA) is 55.6 Å². The number of aromatic nitrogens is 1. The second-order valence-electron chi connectivity index (χ2n) is 4.99. The van der Waals surface area contributed by atoms with Crippen molar-refractivity contribution in [2.45, 2.75) is 13.0 Å². The molecule has 0 saturated carbocycles. The summed E-state index contributed by atoms with van der Waals surface area (Å²) in [7, 11) is 0. The van der Waals surface area contributed by atoms with Crippen LogP contribution in [-0.4, -0.2) is 35.7 Å². The molecular weight excluding hydrogens is 336 g/mol. The first kappa shape index (κ1) is 14.3. The number of rotatable bonds is 2. The summed E-state index contributed by atoms with van der Waals surface area (Å²) in [6, 6.07) is 9.60. The highest BCUT2D eigenvalue weighted by molar-refractivity contribution is 9.10. The van der Waals surface area contributed by atoms with Crippen LogP contribution in [0.5, 0.6) is 0 Å². The van der Waals surface area contributed by atoms with Crippen LogP contribution in [0.2, 0.25) is 0 Å². The van der Waals surface area contributed by atoms with Crippen molar-refractivity contribution in [3.8, 4) is 0 Å². The van der Waals surface area contributed by atoms with Gasteiger partial charge < -0.3 is 14.2 Å². The minimum Gasteiger partial charge on any atom is -0.370 e. The van der Waals surface area contributed by atoms with E-state index >= 15 is 0 Å². The fourth-order valence-corrected chi connectivity index (χ4v) is 2.60. The number of hydrogen-bond acceptors (Lipinski definition) is 4. The standard InChI is InChI=1S/C15H15BrN2O3/c1-10-8-13(21-17-10)15(19)18-6-7-20-14(9-18)11-2-4-12(16)5-3-11/h2-5,8,14H,6-7,9H2,1H3. The van der Waals surface area contributed by atoms with Crippen LogP contribution in [0.1, 0.15) is 27.9 Å². The van der Waals surface area contributed by atoms with Crippen molar-refractivity contribution in [2.24, 2.45) is 0 Å². The third-order valence-electron chi connectivity index (χ3n) is 3.43. The molecular formula is C15H15BrN2O3. The Morgan fingerprint density at radius 2 is 2.14 bits per heavy atom. The maximum Gasteiger partial charge on any atom is 0.292 e. The van der Waals surface area contributed by atoms with Gasteiger partial charge in [-0.15, -0.1) is 0 Å². The van der Waals surface area contributed by atoms with E-state index in [4.69, 9.17) is 9.26 Å². The Kier molecular flexibility index (Phi) is 4.07. The van der Waals surface area contributed by atoms with Crippen LogP contribution in [-0.2, 0) is 4.74 Å². The summed E-state index contributed by atoms with van der Waals surface area (Å²) < 4.78 is 11.8. The lowest BCUT2D eigenvalue weighted by Crippen LogP contribution is -2.42. The zero-order valence-corrected chi connectivity index (χ0v) is 13.2. The number of benzene rings is 1. The summed E-state index contributed by atoms with van der Waals surface area (Å²) in [5.74, 6) is 0.143. The minimum atomic E-state index is -0.138. The fraction of sp³-hybridized carbons (Fsp3) is 0.333. The van der Waals surface area contributed by atoms with Gasteiger partial charge in [-0.25, -0.2) is 0 Å². The second-order valence-corrected chi connectivity index (χ2v) is 5.91. The Labute approximate surface area is 131 Å². The first-order chi connectivity index (χ1) is 10.1. The van der Waals surface area contributed by atoms with Gasteiger partial charge in [-0.3, -0.25) is 4.79 Å². The molecule has 1 fully saturated rings. The number of ether oxygens (including phenoxy) is 1. The molecule has 2 heterocycles. The molecule has 0 radical (unpaired) electrons. The maximum atomic E-state index is 12.4. The minimum absolute atomic E-state index is 0.111. The summed E-state index contributed by atoms with van der Waals surface area (Å²) in [5.41, 5.74) is 1.76. The van der Waals surface area contributed by atoms with Crippen LogP contribution < -0.4 is 0 Å². The molecule has 1 saturated heterocycles. The molecule has 3 rings (SSSR count). The smallest absolute Gasteiger partial charge is 0.292 e. The lowest BCUT2D eigenvalue weighted by atomic mass is 10.1. The first-order valence-electron chi connectivity index (χ1n) is 6.73. The molecule has 1 aliphatic heterocycles. The van der Waals surface area contributed by atoms with Gasteiger partial charge in [0.25, 0.3) is 5.91 Å². The van der Waals surface area contributed by atoms with E-state index < -0.39 is 0 Å². The van der Waals surface area contributed by atoms with E-state index in [0.717, 1.165) is 10.0 Å². The highest BCUT2D eigenvalue weighted by atomic mass is 79.9. The Morgan fingerprint density at radius 1 is 1.38 bits per heavy atom. The quantitative estimate of drug-likeness (QED) is 0.835. The van der Waals surface area contributed by atoms with Gasteiger partial charge in [0.15, 0.2) is 0 Å². The van der Waals surface area contributed by atoms with E-state index in [9.17, 15) is 4.79 Å². The number of hydrogen-bond donors (Lipinski definition) is 0. The average molecular weight is 351 g/mol. The predicted octanol–water partition coefficient (Wildman–Crippen LogP) is 2.96. The number of nitrogens with zero attached hydrogens (tertiary/aromatic N) is 2. The molecule has 1 aromatic carbocycles. The third-order valence-corrected chi connectivity index (χ3v) is 3.96. The summed E-state index contributed by atoms with van der Waals surface area (Å²) in [6.07, 6.45) is -0.111. The molecule has 1 aliphatic rings. The van der Waals surface area contributed by atoms with E-state index in [0.29, 0.717) is 25.4 Å². The fourth-order valence-electron chi connectivity index (χ4n) is 2.33. The summed E-state index contributed by atoms with van der Waals surface area (Å²) in [6.45, 7) is 3.38. The van der Waals surface area contributed by atoms with Crippen molar-refractivity contribution in [1.29, 1.82) is 0 Å². The third kappa shape index (κ3) is 3.16. The van der Waals surface area contributed by atoms with Crippen LogP contribution in [0.3, 0.4) is 0 Å². The van der Waals surface area contributed by atoms with E-state index in [1.807, 2.05) is 24.3 Å². The van der Waals surface area contributed by atoms with Gasteiger partial charge in [0.1, 0.15) is 6.10 Å². The molecule has 110 valence electrons. The number of halogens is 1. The van der Waals surface area contributed by atoms with Gasteiger partial charge >= 0.3 is 0 Å². The molecule has 1 unspecified atom stereocenters. The van der Waals surface area contributed by atoms with E-state index in [1.165, 1.54) is 0 Å². The second kappa shape index (κ2) is 5.99. The monoisotopic (exact) mass is 350 g/mol. The normalized spacial score (nSPS) is 18.8. The molecule has 1 atom stereocenters. The summed E-state index contributed by atoms with van der Waals surface area (Å²) in [4.78, 5) is 14.1. The number of morpholine rings is 1. The van der Waals surface area contributed by atoms with Crippen LogP contribution >= 0.6 is 15.9 Å². The molecule has 0 spiro atoms. The van der Waals surface area contributed by atoms with Crippen LogP contribution in [0.15, 0.2) is 39.3 Å². The Hall–Kier alpha value is -1.66.